The first-order valence-corrected chi connectivity index (χ1v) is 7.25. The molecular weight excluding hydrogens is 286 g/mol. The molecule has 0 spiro atoms. The molecule has 2 rings (SSSR count). The van der Waals surface area contributed by atoms with Crippen molar-refractivity contribution >= 4 is 33.1 Å². The van der Waals surface area contributed by atoms with Gasteiger partial charge in [0.2, 0.25) is 0 Å². The van der Waals surface area contributed by atoms with Crippen LogP contribution < -0.4 is 10.5 Å². The Morgan fingerprint density at radius 3 is 2.63 bits per heavy atom. The molecular formula is C12H12ClN3O2S. The van der Waals surface area contributed by atoms with Gasteiger partial charge in [-0.3, -0.25) is 4.72 Å². The monoisotopic (exact) mass is 297 g/mol. The van der Waals surface area contributed by atoms with Crippen LogP contribution >= 0.6 is 11.6 Å². The molecule has 0 saturated carbocycles. The number of nitrogens with zero attached hydrogens (tertiary/aromatic N) is 1. The predicted molar refractivity (Wildman–Crippen MR) is 75.6 cm³/mol. The van der Waals surface area contributed by atoms with E-state index >= 15 is 0 Å². The van der Waals surface area contributed by atoms with E-state index in [-0.39, 0.29) is 16.4 Å². The summed E-state index contributed by atoms with van der Waals surface area (Å²) in [6, 6.07) is 7.71. The van der Waals surface area contributed by atoms with Gasteiger partial charge in [0, 0.05) is 17.3 Å². The van der Waals surface area contributed by atoms with Gasteiger partial charge in [-0.1, -0.05) is 17.7 Å². The Labute approximate surface area is 116 Å². The lowest BCUT2D eigenvalue weighted by Crippen LogP contribution is -2.15. The van der Waals surface area contributed by atoms with Gasteiger partial charge in [0.05, 0.1) is 5.69 Å². The molecule has 1 aromatic carbocycles. The average Bonchev–Trinajstić information content (AvgIpc) is 2.27. The van der Waals surface area contributed by atoms with E-state index in [4.69, 9.17) is 17.3 Å². The van der Waals surface area contributed by atoms with E-state index in [1.165, 1.54) is 18.3 Å². The molecule has 0 fully saturated rings. The van der Waals surface area contributed by atoms with Gasteiger partial charge < -0.3 is 5.73 Å². The van der Waals surface area contributed by atoms with E-state index in [9.17, 15) is 8.42 Å². The predicted octanol–water partition coefficient (Wildman–Crippen LogP) is 2.43. The summed E-state index contributed by atoms with van der Waals surface area (Å²) >= 11 is 5.77. The third-order valence-corrected chi connectivity index (χ3v) is 4.08. The minimum Gasteiger partial charge on any atom is -0.398 e. The molecule has 3 N–H and O–H groups in total. The van der Waals surface area contributed by atoms with E-state index in [2.05, 4.69) is 9.71 Å². The Bertz CT molecular complexity index is 717. The Hall–Kier alpha value is -1.79. The number of hydrogen-bond acceptors (Lipinski definition) is 4. The fourth-order valence-corrected chi connectivity index (χ4v) is 2.84. The first-order chi connectivity index (χ1) is 8.88. The number of anilines is 2. The molecule has 0 aliphatic heterocycles. The number of aromatic nitrogens is 1. The van der Waals surface area contributed by atoms with Crippen LogP contribution in [0.25, 0.3) is 0 Å². The summed E-state index contributed by atoms with van der Waals surface area (Å²) in [5.41, 5.74) is 6.80. The molecule has 1 aromatic heterocycles. The number of nitrogens with two attached hydrogens (primary N) is 1. The summed E-state index contributed by atoms with van der Waals surface area (Å²) in [6.45, 7) is 1.83. The van der Waals surface area contributed by atoms with Crippen LogP contribution in [0.2, 0.25) is 5.02 Å². The van der Waals surface area contributed by atoms with Crippen LogP contribution in [-0.4, -0.2) is 13.4 Å². The quantitative estimate of drug-likeness (QED) is 0.852. The molecule has 7 heteroatoms. The lowest BCUT2D eigenvalue weighted by atomic mass is 10.2. The van der Waals surface area contributed by atoms with Crippen molar-refractivity contribution in [2.45, 2.75) is 11.8 Å². The highest BCUT2D eigenvalue weighted by Crippen LogP contribution is 2.22. The number of benzene rings is 1. The highest BCUT2D eigenvalue weighted by atomic mass is 35.5. The molecule has 0 unspecified atom stereocenters. The Morgan fingerprint density at radius 2 is 2.00 bits per heavy atom. The maximum Gasteiger partial charge on any atom is 0.265 e. The highest BCUT2D eigenvalue weighted by molar-refractivity contribution is 7.92. The number of sulfonamides is 1. The van der Waals surface area contributed by atoms with Crippen molar-refractivity contribution in [3.05, 3.63) is 47.1 Å². The van der Waals surface area contributed by atoms with Crippen molar-refractivity contribution in [3.8, 4) is 0 Å². The Balaban J connectivity index is 2.38. The van der Waals surface area contributed by atoms with E-state index < -0.39 is 10.0 Å². The molecule has 0 bridgehead atoms. The number of aryl methyl sites for hydroxylation is 1. The first kappa shape index (κ1) is 13.6. The zero-order valence-corrected chi connectivity index (χ0v) is 11.7. The third-order valence-electron chi connectivity index (χ3n) is 2.42. The van der Waals surface area contributed by atoms with Gasteiger partial charge in [0.15, 0.2) is 0 Å². The maximum absolute atomic E-state index is 12.2. The van der Waals surface area contributed by atoms with Crippen molar-refractivity contribution in [3.63, 3.8) is 0 Å². The third kappa shape index (κ3) is 3.15. The topological polar surface area (TPSA) is 85.1 Å². The standard InChI is InChI=1S/C12H12ClN3O2S/c1-8-2-3-11(10(14)6-8)19(17,18)16-12-7-9(13)4-5-15-12/h2-7H,14H2,1H3,(H,15,16). The van der Waals surface area contributed by atoms with E-state index in [0.717, 1.165) is 5.56 Å². The molecule has 19 heavy (non-hydrogen) atoms. The molecule has 0 amide bonds. The number of halogens is 1. The van der Waals surface area contributed by atoms with Gasteiger partial charge in [-0.15, -0.1) is 0 Å². The summed E-state index contributed by atoms with van der Waals surface area (Å²) in [7, 11) is -3.77. The summed E-state index contributed by atoms with van der Waals surface area (Å²) in [4.78, 5) is 3.90. The van der Waals surface area contributed by atoms with Crippen LogP contribution in [0.15, 0.2) is 41.4 Å². The van der Waals surface area contributed by atoms with Crippen molar-refractivity contribution < 1.29 is 8.42 Å². The zero-order valence-electron chi connectivity index (χ0n) is 10.1. The molecule has 0 aliphatic carbocycles. The normalized spacial score (nSPS) is 11.3. The second kappa shape index (κ2) is 5.07. The SMILES string of the molecule is Cc1ccc(S(=O)(=O)Nc2cc(Cl)ccn2)c(N)c1. The van der Waals surface area contributed by atoms with Crippen molar-refractivity contribution in [2.24, 2.45) is 0 Å². The second-order valence-corrected chi connectivity index (χ2v) is 6.09. The highest BCUT2D eigenvalue weighted by Gasteiger charge is 2.18. The van der Waals surface area contributed by atoms with Crippen molar-refractivity contribution in [1.82, 2.24) is 4.98 Å². The number of rotatable bonds is 3. The van der Waals surface area contributed by atoms with Gasteiger partial charge in [0.1, 0.15) is 10.7 Å². The summed E-state index contributed by atoms with van der Waals surface area (Å²) < 4.78 is 26.7. The Kier molecular flexibility index (Phi) is 3.64. The second-order valence-electron chi connectivity index (χ2n) is 4.01. The van der Waals surface area contributed by atoms with Crippen LogP contribution in [-0.2, 0) is 10.0 Å². The van der Waals surface area contributed by atoms with Gasteiger partial charge in [0.25, 0.3) is 10.0 Å². The van der Waals surface area contributed by atoms with E-state index in [1.54, 1.807) is 18.2 Å². The van der Waals surface area contributed by atoms with Gasteiger partial charge in [-0.25, -0.2) is 13.4 Å². The molecule has 0 atom stereocenters. The molecule has 100 valence electrons. The molecule has 2 aromatic rings. The van der Waals surface area contributed by atoms with Crippen LogP contribution in [0.5, 0.6) is 0 Å². The number of nitrogens with one attached hydrogen (secondary N) is 1. The fourth-order valence-electron chi connectivity index (χ4n) is 1.57. The van der Waals surface area contributed by atoms with Crippen LogP contribution in [0.4, 0.5) is 11.5 Å². The minimum absolute atomic E-state index is 0.0138. The molecule has 5 nitrogen and oxygen atoms in total. The van der Waals surface area contributed by atoms with Gasteiger partial charge in [-0.05, 0) is 30.7 Å². The van der Waals surface area contributed by atoms with E-state index in [1.807, 2.05) is 6.92 Å². The Morgan fingerprint density at radius 1 is 1.26 bits per heavy atom. The summed E-state index contributed by atoms with van der Waals surface area (Å²) in [5, 5.41) is 0.393. The minimum atomic E-state index is -3.77. The van der Waals surface area contributed by atoms with Gasteiger partial charge >= 0.3 is 0 Å². The number of nitrogen functional groups attached to an aromatic ring is 1. The van der Waals surface area contributed by atoms with Crippen LogP contribution in [0.3, 0.4) is 0 Å². The van der Waals surface area contributed by atoms with E-state index in [0.29, 0.717) is 5.02 Å². The molecule has 0 saturated heterocycles. The summed E-state index contributed by atoms with van der Waals surface area (Å²) in [6.07, 6.45) is 1.42. The van der Waals surface area contributed by atoms with Gasteiger partial charge in [-0.2, -0.15) is 0 Å². The van der Waals surface area contributed by atoms with Crippen LogP contribution in [0.1, 0.15) is 5.56 Å². The van der Waals surface area contributed by atoms with Crippen LogP contribution in [0, 0.1) is 6.92 Å². The number of hydrogen-bond donors (Lipinski definition) is 2. The lowest BCUT2D eigenvalue weighted by molar-refractivity contribution is 0.601. The molecule has 0 aliphatic rings. The number of pyridine rings is 1. The first-order valence-electron chi connectivity index (χ1n) is 5.39. The van der Waals surface area contributed by atoms with Crippen molar-refractivity contribution in [1.29, 1.82) is 0 Å². The average molecular weight is 298 g/mol. The van der Waals surface area contributed by atoms with Crippen molar-refractivity contribution in [2.75, 3.05) is 10.5 Å². The smallest absolute Gasteiger partial charge is 0.265 e. The lowest BCUT2D eigenvalue weighted by Gasteiger charge is -2.10. The fraction of sp³-hybridized carbons (Fsp3) is 0.0833. The maximum atomic E-state index is 12.2. The zero-order chi connectivity index (χ0) is 14.0. The summed E-state index contributed by atoms with van der Waals surface area (Å²) in [5.74, 6) is 0.146. The molecule has 0 radical (unpaired) electrons. The largest absolute Gasteiger partial charge is 0.398 e. The molecule has 1 heterocycles.